The zero-order chi connectivity index (χ0) is 18.4. The number of nitrogens with zero attached hydrogens (tertiary/aromatic N) is 2. The second kappa shape index (κ2) is 8.95. The van der Waals surface area contributed by atoms with E-state index in [1.165, 1.54) is 4.52 Å². The molecule has 0 saturated heterocycles. The van der Waals surface area contributed by atoms with E-state index in [9.17, 15) is 14.4 Å². The number of hydrogen-bond acceptors (Lipinski definition) is 9. The summed E-state index contributed by atoms with van der Waals surface area (Å²) in [7, 11) is 0. The molecule has 0 atom stereocenters. The van der Waals surface area contributed by atoms with E-state index in [2.05, 4.69) is 30.3 Å². The fourth-order valence-electron chi connectivity index (χ4n) is 1.05. The minimum absolute atomic E-state index is 0.234. The van der Waals surface area contributed by atoms with Gasteiger partial charge in [-0.05, 0) is 61.0 Å². The van der Waals surface area contributed by atoms with E-state index >= 15 is 0 Å². The molecule has 1 aliphatic heterocycles. The third kappa shape index (κ3) is 6.42. The van der Waals surface area contributed by atoms with E-state index in [0.29, 0.717) is 26.8 Å². The van der Waals surface area contributed by atoms with Crippen molar-refractivity contribution in [2.75, 3.05) is 0 Å². The molecule has 128 valence electrons. The van der Waals surface area contributed by atoms with Crippen LogP contribution in [0.5, 0.6) is 0 Å². The van der Waals surface area contributed by atoms with Crippen LogP contribution in [0.1, 0.15) is 20.8 Å². The van der Waals surface area contributed by atoms with Crippen LogP contribution in [0.2, 0.25) is 0 Å². The van der Waals surface area contributed by atoms with Gasteiger partial charge in [0.25, 0.3) is 0 Å². The summed E-state index contributed by atoms with van der Waals surface area (Å²) in [4.78, 5) is 35.5. The van der Waals surface area contributed by atoms with Gasteiger partial charge in [-0.3, -0.25) is 19.8 Å². The Labute approximate surface area is 153 Å². The lowest BCUT2D eigenvalue weighted by Crippen LogP contribution is -2.32. The molecule has 1 aliphatic rings. The van der Waals surface area contributed by atoms with Crippen molar-refractivity contribution in [1.82, 2.24) is 9.95 Å². The summed E-state index contributed by atoms with van der Waals surface area (Å²) in [5.74, 6) is 0. The first-order chi connectivity index (χ1) is 11.1. The van der Waals surface area contributed by atoms with Crippen molar-refractivity contribution in [3.63, 3.8) is 0 Å². The quantitative estimate of drug-likeness (QED) is 0.572. The summed E-state index contributed by atoms with van der Waals surface area (Å²) < 4.78 is 1.19. The zero-order valence-electron chi connectivity index (χ0n) is 13.5. The molecular formula is C15H17N3O3S3. The molecule has 1 rings (SSSR count). The first-order valence-electron chi connectivity index (χ1n) is 6.60. The van der Waals surface area contributed by atoms with Crippen molar-refractivity contribution in [2.45, 2.75) is 20.8 Å². The van der Waals surface area contributed by atoms with Crippen LogP contribution in [0.4, 0.5) is 0 Å². The third-order valence-electron chi connectivity index (χ3n) is 2.26. The van der Waals surface area contributed by atoms with Gasteiger partial charge >= 0.3 is 0 Å². The standard InChI is InChI=1S/C15H17N3O3S3/c1-8(2)13(19)22-11-7-12(23-14(20)9(3)4)17-18(16-11)24-15(21)10(5)6/h7,16H,1,3,5H2,2,4,6H3. The summed E-state index contributed by atoms with van der Waals surface area (Å²) >= 11 is 2.54. The highest BCUT2D eigenvalue weighted by Gasteiger charge is 2.21. The van der Waals surface area contributed by atoms with Crippen LogP contribution < -0.4 is 5.43 Å². The van der Waals surface area contributed by atoms with Crippen molar-refractivity contribution >= 4 is 55.9 Å². The summed E-state index contributed by atoms with van der Waals surface area (Å²) in [6.07, 6.45) is 1.55. The van der Waals surface area contributed by atoms with Gasteiger partial charge in [0, 0.05) is 6.08 Å². The van der Waals surface area contributed by atoms with Crippen LogP contribution in [0.25, 0.3) is 0 Å². The summed E-state index contributed by atoms with van der Waals surface area (Å²) in [5.41, 5.74) is 3.93. The Morgan fingerprint density at radius 1 is 0.958 bits per heavy atom. The van der Waals surface area contributed by atoms with Crippen LogP contribution in [0, 0.1) is 0 Å². The lowest BCUT2D eigenvalue weighted by atomic mass is 10.4. The Balaban J connectivity index is 2.99. The number of carbonyl (C=O) groups excluding carboxylic acids is 3. The topological polar surface area (TPSA) is 78.8 Å². The number of carbonyl (C=O) groups is 3. The van der Waals surface area contributed by atoms with Gasteiger partial charge in [-0.15, -0.1) is 9.62 Å². The van der Waals surface area contributed by atoms with Gasteiger partial charge < -0.3 is 0 Å². The maximum Gasteiger partial charge on any atom is 0.238 e. The molecule has 0 spiro atoms. The van der Waals surface area contributed by atoms with E-state index in [1.807, 2.05) is 0 Å². The normalized spacial score (nSPS) is 13.4. The Hall–Kier alpha value is -1.71. The molecule has 0 bridgehead atoms. The van der Waals surface area contributed by atoms with E-state index < -0.39 is 0 Å². The van der Waals surface area contributed by atoms with Gasteiger partial charge in [0.05, 0.1) is 11.9 Å². The summed E-state index contributed by atoms with van der Waals surface area (Å²) in [6.45, 7) is 15.5. The largest absolute Gasteiger partial charge is 0.282 e. The molecule has 0 aromatic carbocycles. The summed E-state index contributed by atoms with van der Waals surface area (Å²) in [6, 6.07) is 0. The molecular weight excluding hydrogens is 366 g/mol. The van der Waals surface area contributed by atoms with Crippen LogP contribution in [-0.2, 0) is 14.4 Å². The first-order valence-corrected chi connectivity index (χ1v) is 9.01. The highest BCUT2D eigenvalue weighted by atomic mass is 32.2. The average molecular weight is 384 g/mol. The van der Waals surface area contributed by atoms with Crippen molar-refractivity contribution < 1.29 is 14.4 Å². The van der Waals surface area contributed by atoms with Crippen LogP contribution in [0.3, 0.4) is 0 Å². The number of rotatable bonds is 5. The third-order valence-corrected chi connectivity index (χ3v) is 5.03. The number of nitrogens with one attached hydrogen (secondary N) is 1. The molecule has 0 unspecified atom stereocenters. The Morgan fingerprint density at radius 3 is 1.96 bits per heavy atom. The zero-order valence-corrected chi connectivity index (χ0v) is 16.0. The molecule has 0 aromatic heterocycles. The maximum atomic E-state index is 11.8. The van der Waals surface area contributed by atoms with E-state index in [1.54, 1.807) is 26.8 Å². The van der Waals surface area contributed by atoms with Crippen molar-refractivity contribution in [3.8, 4) is 0 Å². The van der Waals surface area contributed by atoms with E-state index in [-0.39, 0.29) is 15.3 Å². The Morgan fingerprint density at radius 2 is 1.46 bits per heavy atom. The molecule has 0 saturated carbocycles. The molecule has 0 aromatic rings. The number of hydrazine groups is 1. The average Bonchev–Trinajstić information content (AvgIpc) is 2.46. The van der Waals surface area contributed by atoms with Crippen molar-refractivity contribution in [3.05, 3.63) is 47.6 Å². The number of hydrogen-bond donors (Lipinski definition) is 1. The minimum Gasteiger partial charge on any atom is -0.282 e. The maximum absolute atomic E-state index is 11.8. The molecule has 0 radical (unpaired) electrons. The molecule has 0 aliphatic carbocycles. The van der Waals surface area contributed by atoms with Crippen LogP contribution in [-0.4, -0.2) is 24.9 Å². The van der Waals surface area contributed by atoms with Gasteiger partial charge in [0.2, 0.25) is 15.3 Å². The van der Waals surface area contributed by atoms with Gasteiger partial charge in [-0.2, -0.15) is 0 Å². The van der Waals surface area contributed by atoms with E-state index in [4.69, 9.17) is 0 Å². The highest BCUT2D eigenvalue weighted by molar-refractivity contribution is 8.27. The smallest absolute Gasteiger partial charge is 0.238 e. The first kappa shape index (κ1) is 20.3. The second-order valence-electron chi connectivity index (χ2n) is 4.83. The van der Waals surface area contributed by atoms with Crippen LogP contribution in [0.15, 0.2) is 52.7 Å². The fraction of sp³-hybridized carbons (Fsp3) is 0.200. The predicted octanol–water partition coefficient (Wildman–Crippen LogP) is 3.38. The SMILES string of the molecule is C=C(C)C(=O)SC1=CC(SC(=O)C(=C)C)=NN(SC(=O)C(=C)C)N1. The predicted molar refractivity (Wildman–Crippen MR) is 103 cm³/mol. The van der Waals surface area contributed by atoms with Crippen molar-refractivity contribution in [1.29, 1.82) is 0 Å². The summed E-state index contributed by atoms with van der Waals surface area (Å²) in [5, 5.41) is 4.13. The highest BCUT2D eigenvalue weighted by Crippen LogP contribution is 2.27. The van der Waals surface area contributed by atoms with E-state index in [0.717, 1.165) is 35.5 Å². The van der Waals surface area contributed by atoms with Crippen molar-refractivity contribution in [2.24, 2.45) is 5.10 Å². The Kier molecular flexibility index (Phi) is 7.59. The van der Waals surface area contributed by atoms with Gasteiger partial charge in [-0.25, -0.2) is 0 Å². The molecule has 9 heteroatoms. The minimum atomic E-state index is -0.292. The lowest BCUT2D eigenvalue weighted by molar-refractivity contribution is -0.108. The Bertz CT molecular complexity index is 695. The lowest BCUT2D eigenvalue weighted by Gasteiger charge is -2.24. The van der Waals surface area contributed by atoms with Gasteiger partial charge in [-0.1, -0.05) is 19.7 Å². The molecule has 0 amide bonds. The molecule has 0 fully saturated rings. The molecule has 24 heavy (non-hydrogen) atoms. The molecule has 6 nitrogen and oxygen atoms in total. The second-order valence-corrected chi connectivity index (χ2v) is 7.74. The van der Waals surface area contributed by atoms with Gasteiger partial charge in [0.15, 0.2) is 0 Å². The monoisotopic (exact) mass is 383 g/mol. The van der Waals surface area contributed by atoms with Gasteiger partial charge in [0.1, 0.15) is 10.1 Å². The molecule has 1 heterocycles. The number of hydrazone groups is 1. The molecule has 1 N–H and O–H groups in total. The fourth-order valence-corrected chi connectivity index (χ4v) is 3.16. The van der Waals surface area contributed by atoms with Crippen LogP contribution >= 0.6 is 35.5 Å². The number of thioether (sulfide) groups is 2.